The summed E-state index contributed by atoms with van der Waals surface area (Å²) >= 11 is 0. The van der Waals surface area contributed by atoms with Crippen LogP contribution in [-0.4, -0.2) is 47.2 Å². The van der Waals surface area contributed by atoms with Gasteiger partial charge in [0.25, 0.3) is 5.56 Å². The molecule has 7 heteroatoms. The lowest BCUT2D eigenvalue weighted by atomic mass is 9.93. The van der Waals surface area contributed by atoms with E-state index in [1.165, 1.54) is 0 Å². The van der Waals surface area contributed by atoms with Crippen molar-refractivity contribution in [1.29, 1.82) is 0 Å². The van der Waals surface area contributed by atoms with E-state index >= 15 is 0 Å². The van der Waals surface area contributed by atoms with Gasteiger partial charge in [0, 0.05) is 30.3 Å². The van der Waals surface area contributed by atoms with Crippen LogP contribution in [0.3, 0.4) is 0 Å². The number of nitrogens with one attached hydrogen (secondary N) is 1. The minimum absolute atomic E-state index is 0.135. The molecule has 0 atom stereocenters. The summed E-state index contributed by atoms with van der Waals surface area (Å²) in [6.07, 6.45) is 3.60. The fraction of sp³-hybridized carbons (Fsp3) is 0.348. The van der Waals surface area contributed by atoms with Crippen LogP contribution in [0.1, 0.15) is 30.0 Å². The first kappa shape index (κ1) is 20.1. The lowest BCUT2D eigenvalue weighted by Crippen LogP contribution is -2.33. The van der Waals surface area contributed by atoms with E-state index < -0.39 is 0 Å². The minimum atomic E-state index is -0.135. The van der Waals surface area contributed by atoms with Crippen LogP contribution in [0.5, 0.6) is 11.5 Å². The van der Waals surface area contributed by atoms with Crippen molar-refractivity contribution < 1.29 is 9.47 Å². The van der Waals surface area contributed by atoms with Crippen molar-refractivity contribution in [1.82, 2.24) is 19.9 Å². The number of rotatable bonds is 6. The zero-order valence-electron chi connectivity index (χ0n) is 17.3. The zero-order valence-corrected chi connectivity index (χ0v) is 17.3. The molecule has 1 fully saturated rings. The van der Waals surface area contributed by atoms with Gasteiger partial charge in [0.05, 0.1) is 19.9 Å². The molecule has 2 aromatic heterocycles. The van der Waals surface area contributed by atoms with Crippen molar-refractivity contribution in [3.05, 3.63) is 70.3 Å². The van der Waals surface area contributed by atoms with Gasteiger partial charge in [-0.05, 0) is 56.3 Å². The predicted octanol–water partition coefficient (Wildman–Crippen LogP) is 3.23. The number of aromatic nitrogens is 3. The zero-order chi connectivity index (χ0) is 20.9. The Kier molecular flexibility index (Phi) is 6.09. The SMILES string of the molecule is COc1ccc(OC)c(CN2CCC(c3cc(=O)[nH]c(-c4ccccn4)n3)CC2)c1. The van der Waals surface area contributed by atoms with Gasteiger partial charge in [0.15, 0.2) is 5.82 Å². The summed E-state index contributed by atoms with van der Waals surface area (Å²) in [7, 11) is 3.36. The molecule has 0 radical (unpaired) electrons. The van der Waals surface area contributed by atoms with Crippen LogP contribution in [0.15, 0.2) is 53.5 Å². The van der Waals surface area contributed by atoms with Gasteiger partial charge in [-0.1, -0.05) is 6.07 Å². The minimum Gasteiger partial charge on any atom is -0.497 e. The largest absolute Gasteiger partial charge is 0.497 e. The van der Waals surface area contributed by atoms with E-state index in [9.17, 15) is 4.79 Å². The number of pyridine rings is 1. The van der Waals surface area contributed by atoms with Gasteiger partial charge in [-0.2, -0.15) is 0 Å². The second kappa shape index (κ2) is 9.09. The molecule has 1 saturated heterocycles. The number of methoxy groups -OCH3 is 2. The van der Waals surface area contributed by atoms with Gasteiger partial charge in [0.1, 0.15) is 17.2 Å². The smallest absolute Gasteiger partial charge is 0.251 e. The molecular weight excluding hydrogens is 380 g/mol. The quantitative estimate of drug-likeness (QED) is 0.677. The number of benzene rings is 1. The summed E-state index contributed by atoms with van der Waals surface area (Å²) in [6, 6.07) is 13.1. The first-order chi connectivity index (χ1) is 14.7. The average molecular weight is 406 g/mol. The maximum Gasteiger partial charge on any atom is 0.251 e. The summed E-state index contributed by atoms with van der Waals surface area (Å²) in [5.41, 5.74) is 2.50. The molecule has 3 aromatic rings. The Morgan fingerprint density at radius 2 is 1.93 bits per heavy atom. The van der Waals surface area contributed by atoms with Crippen molar-refractivity contribution in [2.45, 2.75) is 25.3 Å². The fourth-order valence-corrected chi connectivity index (χ4v) is 3.94. The number of hydrogen-bond acceptors (Lipinski definition) is 6. The third-order valence-corrected chi connectivity index (χ3v) is 5.56. The van der Waals surface area contributed by atoms with Crippen LogP contribution < -0.4 is 15.0 Å². The summed E-state index contributed by atoms with van der Waals surface area (Å²) in [6.45, 7) is 2.66. The lowest BCUT2D eigenvalue weighted by molar-refractivity contribution is 0.201. The molecule has 30 heavy (non-hydrogen) atoms. The number of likely N-dealkylation sites (tertiary alicyclic amines) is 1. The molecular formula is C23H26N4O3. The summed E-state index contributed by atoms with van der Waals surface area (Å²) in [5.74, 6) is 2.49. The Hall–Kier alpha value is -3.19. The monoisotopic (exact) mass is 406 g/mol. The molecule has 0 unspecified atom stereocenters. The van der Waals surface area contributed by atoms with Crippen LogP contribution in [0.4, 0.5) is 0 Å². The van der Waals surface area contributed by atoms with Gasteiger partial charge < -0.3 is 14.5 Å². The van der Waals surface area contributed by atoms with Gasteiger partial charge >= 0.3 is 0 Å². The molecule has 1 N–H and O–H groups in total. The highest BCUT2D eigenvalue weighted by atomic mass is 16.5. The summed E-state index contributed by atoms with van der Waals surface area (Å²) in [4.78, 5) is 26.4. The molecule has 1 aliphatic heterocycles. The van der Waals surface area contributed by atoms with E-state index in [1.807, 2.05) is 36.4 Å². The second-order valence-corrected chi connectivity index (χ2v) is 7.46. The Labute approximate surface area is 175 Å². The normalized spacial score (nSPS) is 15.1. The Morgan fingerprint density at radius 3 is 2.63 bits per heavy atom. The van der Waals surface area contributed by atoms with Crippen molar-refractivity contribution in [2.75, 3.05) is 27.3 Å². The molecule has 0 bridgehead atoms. The van der Waals surface area contributed by atoms with Crippen LogP contribution in [-0.2, 0) is 6.54 Å². The summed E-state index contributed by atoms with van der Waals surface area (Å²) in [5, 5.41) is 0. The number of hydrogen-bond donors (Lipinski definition) is 1. The van der Waals surface area contributed by atoms with E-state index in [0.717, 1.165) is 55.2 Å². The molecule has 156 valence electrons. The third-order valence-electron chi connectivity index (χ3n) is 5.56. The predicted molar refractivity (Wildman–Crippen MR) is 115 cm³/mol. The van der Waals surface area contributed by atoms with Crippen LogP contribution >= 0.6 is 0 Å². The Balaban J connectivity index is 1.45. The van der Waals surface area contributed by atoms with Crippen LogP contribution in [0, 0.1) is 0 Å². The fourth-order valence-electron chi connectivity index (χ4n) is 3.94. The Bertz CT molecular complexity index is 1040. The van der Waals surface area contributed by atoms with Gasteiger partial charge in [-0.3, -0.25) is 14.7 Å². The average Bonchev–Trinajstić information content (AvgIpc) is 2.79. The van der Waals surface area contributed by atoms with E-state index in [4.69, 9.17) is 14.5 Å². The molecule has 0 amide bonds. The highest BCUT2D eigenvalue weighted by Gasteiger charge is 2.23. The van der Waals surface area contributed by atoms with Crippen LogP contribution in [0.25, 0.3) is 11.5 Å². The number of ether oxygens (including phenoxy) is 2. The molecule has 1 aromatic carbocycles. The summed E-state index contributed by atoms with van der Waals surface area (Å²) < 4.78 is 10.9. The highest BCUT2D eigenvalue weighted by Crippen LogP contribution is 2.30. The second-order valence-electron chi connectivity index (χ2n) is 7.46. The van der Waals surface area contributed by atoms with E-state index in [-0.39, 0.29) is 11.5 Å². The van der Waals surface area contributed by atoms with E-state index in [2.05, 4.69) is 14.9 Å². The van der Waals surface area contributed by atoms with E-state index in [1.54, 1.807) is 26.5 Å². The van der Waals surface area contributed by atoms with Crippen molar-refractivity contribution in [3.63, 3.8) is 0 Å². The number of aromatic amines is 1. The maximum atomic E-state index is 12.2. The standard InChI is InChI=1S/C23H26N4O3/c1-29-18-6-7-21(30-2)17(13-18)15-27-11-8-16(9-12-27)20-14-22(28)26-23(25-20)19-5-3-4-10-24-19/h3-7,10,13-14,16H,8-9,11-12,15H2,1-2H3,(H,25,26,28). The van der Waals surface area contributed by atoms with E-state index in [0.29, 0.717) is 11.5 Å². The van der Waals surface area contributed by atoms with Crippen molar-refractivity contribution in [2.24, 2.45) is 0 Å². The van der Waals surface area contributed by atoms with Gasteiger partial charge in [0.2, 0.25) is 0 Å². The lowest BCUT2D eigenvalue weighted by Gasteiger charge is -2.32. The number of H-pyrrole nitrogens is 1. The number of nitrogens with zero attached hydrogens (tertiary/aromatic N) is 3. The number of piperidine rings is 1. The van der Waals surface area contributed by atoms with Gasteiger partial charge in [-0.25, -0.2) is 4.98 Å². The highest BCUT2D eigenvalue weighted by molar-refractivity contribution is 5.48. The first-order valence-electron chi connectivity index (χ1n) is 10.1. The van der Waals surface area contributed by atoms with Crippen LogP contribution in [0.2, 0.25) is 0 Å². The third kappa shape index (κ3) is 4.52. The molecule has 0 spiro atoms. The first-order valence-corrected chi connectivity index (χ1v) is 10.1. The maximum absolute atomic E-state index is 12.2. The Morgan fingerprint density at radius 1 is 1.10 bits per heavy atom. The van der Waals surface area contributed by atoms with Gasteiger partial charge in [-0.15, -0.1) is 0 Å². The van der Waals surface area contributed by atoms with Crippen molar-refractivity contribution >= 4 is 0 Å². The molecule has 4 rings (SSSR count). The molecule has 1 aliphatic rings. The molecule has 0 saturated carbocycles. The van der Waals surface area contributed by atoms with Crippen molar-refractivity contribution in [3.8, 4) is 23.0 Å². The molecule has 3 heterocycles. The molecule has 0 aliphatic carbocycles. The topological polar surface area (TPSA) is 80.3 Å². The molecule has 7 nitrogen and oxygen atoms in total.